The minimum atomic E-state index is 0.0970. The number of amides is 1. The second kappa shape index (κ2) is 3.59. The summed E-state index contributed by atoms with van der Waals surface area (Å²) < 4.78 is 0. The van der Waals surface area contributed by atoms with Gasteiger partial charge in [-0.05, 0) is 29.4 Å². The Bertz CT molecular complexity index is 446. The second-order valence-electron chi connectivity index (χ2n) is 6.18. The SMILES string of the molecule is Cc1ccccc1NC(=O)C1C(C)(C)C1(C)C. The summed E-state index contributed by atoms with van der Waals surface area (Å²) in [5.41, 5.74) is 2.23. The van der Waals surface area contributed by atoms with E-state index in [2.05, 4.69) is 33.0 Å². The van der Waals surface area contributed by atoms with Gasteiger partial charge >= 0.3 is 0 Å². The maximum absolute atomic E-state index is 12.2. The molecule has 17 heavy (non-hydrogen) atoms. The van der Waals surface area contributed by atoms with Gasteiger partial charge in [0.1, 0.15) is 0 Å². The van der Waals surface area contributed by atoms with Crippen LogP contribution in [-0.4, -0.2) is 5.91 Å². The van der Waals surface area contributed by atoms with Crippen molar-refractivity contribution in [3.63, 3.8) is 0 Å². The van der Waals surface area contributed by atoms with E-state index in [9.17, 15) is 4.79 Å². The van der Waals surface area contributed by atoms with Crippen molar-refractivity contribution in [3.8, 4) is 0 Å². The highest BCUT2D eigenvalue weighted by atomic mass is 16.2. The number of carbonyl (C=O) groups is 1. The van der Waals surface area contributed by atoms with Gasteiger partial charge in [0.25, 0.3) is 0 Å². The molecular formula is C15H21NO. The molecule has 1 aromatic rings. The van der Waals surface area contributed by atoms with Crippen LogP contribution in [0.4, 0.5) is 5.69 Å². The molecule has 1 aliphatic carbocycles. The predicted molar refractivity (Wildman–Crippen MR) is 70.9 cm³/mol. The van der Waals surface area contributed by atoms with Crippen molar-refractivity contribution in [2.24, 2.45) is 16.7 Å². The Balaban J connectivity index is 2.13. The summed E-state index contributed by atoms with van der Waals surface area (Å²) in [5.74, 6) is 0.254. The first-order valence-electron chi connectivity index (χ1n) is 6.15. The number of hydrogen-bond acceptors (Lipinski definition) is 1. The largest absolute Gasteiger partial charge is 0.326 e. The first kappa shape index (κ1) is 12.2. The second-order valence-corrected chi connectivity index (χ2v) is 6.18. The summed E-state index contributed by atoms with van der Waals surface area (Å²) in [7, 11) is 0. The molecule has 0 aliphatic heterocycles. The Labute approximate surface area is 103 Å². The van der Waals surface area contributed by atoms with Gasteiger partial charge in [-0.2, -0.15) is 0 Å². The van der Waals surface area contributed by atoms with Gasteiger partial charge in [-0.15, -0.1) is 0 Å². The summed E-state index contributed by atoms with van der Waals surface area (Å²) in [6.45, 7) is 10.7. The van der Waals surface area contributed by atoms with E-state index in [-0.39, 0.29) is 22.7 Å². The van der Waals surface area contributed by atoms with Gasteiger partial charge in [-0.1, -0.05) is 45.9 Å². The topological polar surface area (TPSA) is 29.1 Å². The first-order chi connectivity index (χ1) is 7.78. The Morgan fingerprint density at radius 2 is 1.65 bits per heavy atom. The number of rotatable bonds is 2. The molecule has 1 N–H and O–H groups in total. The third-order valence-electron chi connectivity index (χ3n) is 4.69. The van der Waals surface area contributed by atoms with Gasteiger partial charge in [0.15, 0.2) is 0 Å². The summed E-state index contributed by atoms with van der Waals surface area (Å²) in [6, 6.07) is 7.90. The summed E-state index contributed by atoms with van der Waals surface area (Å²) >= 11 is 0. The number of nitrogens with one attached hydrogen (secondary N) is 1. The highest BCUT2D eigenvalue weighted by Crippen LogP contribution is 2.68. The van der Waals surface area contributed by atoms with E-state index >= 15 is 0 Å². The van der Waals surface area contributed by atoms with E-state index in [1.807, 2.05) is 31.2 Å². The lowest BCUT2D eigenvalue weighted by Gasteiger charge is -2.08. The molecule has 1 fully saturated rings. The number of anilines is 1. The normalized spacial score (nSPS) is 21.0. The molecule has 2 heteroatoms. The fourth-order valence-electron chi connectivity index (χ4n) is 2.77. The highest BCUT2D eigenvalue weighted by molar-refractivity contribution is 5.96. The third-order valence-corrected chi connectivity index (χ3v) is 4.69. The Morgan fingerprint density at radius 3 is 2.12 bits per heavy atom. The van der Waals surface area contributed by atoms with Crippen LogP contribution in [-0.2, 0) is 4.79 Å². The lowest BCUT2D eigenvalue weighted by atomic mass is 10.0. The Kier molecular flexibility index (Phi) is 2.57. The average Bonchev–Trinajstić information content (AvgIpc) is 2.61. The van der Waals surface area contributed by atoms with Crippen LogP contribution in [0.2, 0.25) is 0 Å². The Morgan fingerprint density at radius 1 is 1.12 bits per heavy atom. The van der Waals surface area contributed by atoms with E-state index in [1.54, 1.807) is 0 Å². The number of carbonyl (C=O) groups excluding carboxylic acids is 1. The molecule has 0 heterocycles. The van der Waals surface area contributed by atoms with Gasteiger partial charge in [0.2, 0.25) is 5.91 Å². The third kappa shape index (κ3) is 1.76. The minimum Gasteiger partial charge on any atom is -0.326 e. The van der Waals surface area contributed by atoms with Crippen molar-refractivity contribution < 1.29 is 4.79 Å². The molecule has 1 amide bonds. The predicted octanol–water partition coefficient (Wildman–Crippen LogP) is 3.62. The minimum absolute atomic E-state index is 0.0970. The molecule has 0 unspecified atom stereocenters. The molecule has 1 aromatic carbocycles. The molecule has 92 valence electrons. The fourth-order valence-corrected chi connectivity index (χ4v) is 2.77. The summed E-state index contributed by atoms with van der Waals surface area (Å²) in [4.78, 5) is 12.2. The molecule has 0 aromatic heterocycles. The molecule has 2 rings (SSSR count). The number of aryl methyl sites for hydroxylation is 1. The van der Waals surface area contributed by atoms with Crippen LogP contribution < -0.4 is 5.32 Å². The molecule has 1 aliphatic rings. The maximum atomic E-state index is 12.2. The van der Waals surface area contributed by atoms with E-state index in [4.69, 9.17) is 0 Å². The Hall–Kier alpha value is -1.31. The van der Waals surface area contributed by atoms with Crippen LogP contribution >= 0.6 is 0 Å². The number of benzene rings is 1. The standard InChI is InChI=1S/C15H21NO/c1-10-8-6-7-9-11(10)16-13(17)12-14(2,3)15(12,4)5/h6-9,12H,1-5H3,(H,16,17). The maximum Gasteiger partial charge on any atom is 0.228 e. The van der Waals surface area contributed by atoms with Crippen molar-refractivity contribution >= 4 is 11.6 Å². The van der Waals surface area contributed by atoms with Gasteiger partial charge in [0, 0.05) is 11.6 Å². The highest BCUT2D eigenvalue weighted by Gasteiger charge is 2.68. The zero-order chi connectivity index (χ0) is 12.8. The van der Waals surface area contributed by atoms with Crippen LogP contribution in [0.25, 0.3) is 0 Å². The smallest absolute Gasteiger partial charge is 0.228 e. The van der Waals surface area contributed by atoms with Crippen molar-refractivity contribution in [2.45, 2.75) is 34.6 Å². The summed E-state index contributed by atoms with van der Waals surface area (Å²) in [5, 5.41) is 3.04. The monoisotopic (exact) mass is 231 g/mol. The number of para-hydroxylation sites is 1. The first-order valence-corrected chi connectivity index (χ1v) is 6.15. The molecule has 0 saturated heterocycles. The van der Waals surface area contributed by atoms with Crippen molar-refractivity contribution in [1.82, 2.24) is 0 Å². The lowest BCUT2D eigenvalue weighted by Crippen LogP contribution is -2.18. The molecule has 0 spiro atoms. The molecule has 0 bridgehead atoms. The zero-order valence-electron chi connectivity index (χ0n) is 11.3. The van der Waals surface area contributed by atoms with Gasteiger partial charge in [-0.3, -0.25) is 4.79 Å². The lowest BCUT2D eigenvalue weighted by molar-refractivity contribution is -0.118. The van der Waals surface area contributed by atoms with Crippen molar-refractivity contribution in [1.29, 1.82) is 0 Å². The molecule has 2 nitrogen and oxygen atoms in total. The molecule has 0 atom stereocenters. The van der Waals surface area contributed by atoms with E-state index in [0.29, 0.717) is 0 Å². The van der Waals surface area contributed by atoms with Crippen LogP contribution in [0, 0.1) is 23.7 Å². The van der Waals surface area contributed by atoms with Gasteiger partial charge < -0.3 is 5.32 Å². The van der Waals surface area contributed by atoms with E-state index in [1.165, 1.54) is 0 Å². The van der Waals surface area contributed by atoms with Gasteiger partial charge in [0.05, 0.1) is 0 Å². The average molecular weight is 231 g/mol. The quantitative estimate of drug-likeness (QED) is 0.827. The fraction of sp³-hybridized carbons (Fsp3) is 0.533. The van der Waals surface area contributed by atoms with Crippen molar-refractivity contribution in [2.75, 3.05) is 5.32 Å². The summed E-state index contributed by atoms with van der Waals surface area (Å²) in [6.07, 6.45) is 0. The van der Waals surface area contributed by atoms with Crippen LogP contribution in [0.5, 0.6) is 0 Å². The van der Waals surface area contributed by atoms with E-state index in [0.717, 1.165) is 11.3 Å². The molecule has 1 saturated carbocycles. The zero-order valence-corrected chi connectivity index (χ0v) is 11.3. The van der Waals surface area contributed by atoms with Crippen LogP contribution in [0.3, 0.4) is 0 Å². The molecule has 0 radical (unpaired) electrons. The van der Waals surface area contributed by atoms with Crippen molar-refractivity contribution in [3.05, 3.63) is 29.8 Å². The van der Waals surface area contributed by atoms with E-state index < -0.39 is 0 Å². The van der Waals surface area contributed by atoms with Crippen LogP contribution in [0.1, 0.15) is 33.3 Å². The number of hydrogen-bond donors (Lipinski definition) is 1. The molecular weight excluding hydrogens is 210 g/mol. The van der Waals surface area contributed by atoms with Gasteiger partial charge in [-0.25, -0.2) is 0 Å². The van der Waals surface area contributed by atoms with Crippen LogP contribution in [0.15, 0.2) is 24.3 Å².